The highest BCUT2D eigenvalue weighted by Crippen LogP contribution is 2.26. The first-order valence-corrected chi connectivity index (χ1v) is 9.57. The molecule has 0 spiro atoms. The minimum Gasteiger partial charge on any atom is -0.397 e. The van der Waals surface area contributed by atoms with Gasteiger partial charge >= 0.3 is 0 Å². The Morgan fingerprint density at radius 2 is 2.16 bits per heavy atom. The van der Waals surface area contributed by atoms with Crippen LogP contribution in [0.15, 0.2) is 23.1 Å². The molecule has 0 bridgehead atoms. The quantitative estimate of drug-likeness (QED) is 0.721. The van der Waals surface area contributed by atoms with Crippen molar-refractivity contribution in [3.05, 3.63) is 18.2 Å². The molecule has 0 aliphatic carbocycles. The van der Waals surface area contributed by atoms with E-state index in [0.29, 0.717) is 16.6 Å². The fraction of sp³-hybridized carbons (Fsp3) is 0.455. The summed E-state index contributed by atoms with van der Waals surface area (Å²) in [6, 6.07) is 4.47. The van der Waals surface area contributed by atoms with Crippen molar-refractivity contribution in [2.75, 3.05) is 34.9 Å². The Kier molecular flexibility index (Phi) is 4.88. The smallest absolute Gasteiger partial charge is 0.238 e. The topological polar surface area (TPSA) is 98.2 Å². The molecule has 0 radical (unpaired) electrons. The van der Waals surface area contributed by atoms with E-state index in [4.69, 9.17) is 10.9 Å². The highest BCUT2D eigenvalue weighted by atomic mass is 32.2. The molecule has 1 fully saturated rings. The second-order valence-corrected chi connectivity index (χ2v) is 8.36. The lowest BCUT2D eigenvalue weighted by Gasteiger charge is -2.22. The summed E-state index contributed by atoms with van der Waals surface area (Å²) in [4.78, 5) is 0.0786. The molecule has 1 aliphatic rings. The third-order valence-corrected chi connectivity index (χ3v) is 6.51. The number of hydrogen-bond acceptors (Lipinski definition) is 6. The molecular weight excluding hydrogens is 302 g/mol. The molecule has 106 valence electrons. The Bertz CT molecular complexity index is 542. The molecule has 1 heterocycles. The zero-order chi connectivity index (χ0) is 13.9. The summed E-state index contributed by atoms with van der Waals surface area (Å²) in [5.41, 5.74) is 6.99. The Hall–Kier alpha value is -0.570. The molecule has 2 rings (SSSR count). The van der Waals surface area contributed by atoms with Crippen molar-refractivity contribution in [1.29, 1.82) is 0 Å². The number of benzene rings is 1. The van der Waals surface area contributed by atoms with Crippen molar-refractivity contribution < 1.29 is 8.42 Å². The number of primary sulfonamides is 1. The first-order valence-electron chi connectivity index (χ1n) is 5.82. The molecule has 8 heteroatoms. The monoisotopic (exact) mass is 319 g/mol. The first-order chi connectivity index (χ1) is 8.97. The van der Waals surface area contributed by atoms with Crippen LogP contribution in [-0.4, -0.2) is 37.5 Å². The van der Waals surface area contributed by atoms with E-state index < -0.39 is 10.0 Å². The minimum absolute atomic E-state index is 0.0786. The zero-order valence-electron chi connectivity index (χ0n) is 10.3. The maximum Gasteiger partial charge on any atom is 0.238 e. The summed E-state index contributed by atoms with van der Waals surface area (Å²) in [6.45, 7) is 0.774. The number of rotatable bonds is 4. The normalized spacial score (nSPS) is 20.2. The highest BCUT2D eigenvalue weighted by Gasteiger charge is 2.15. The molecule has 5 N–H and O–H groups in total. The van der Waals surface area contributed by atoms with E-state index in [1.807, 2.05) is 23.5 Å². The van der Waals surface area contributed by atoms with Gasteiger partial charge in [-0.1, -0.05) is 0 Å². The van der Waals surface area contributed by atoms with Crippen molar-refractivity contribution in [1.82, 2.24) is 0 Å². The number of nitrogens with two attached hydrogens (primary N) is 2. The van der Waals surface area contributed by atoms with E-state index in [1.54, 1.807) is 6.07 Å². The summed E-state index contributed by atoms with van der Waals surface area (Å²) in [7, 11) is -3.69. The molecule has 1 aromatic rings. The van der Waals surface area contributed by atoms with E-state index in [1.165, 1.54) is 17.9 Å². The van der Waals surface area contributed by atoms with Crippen LogP contribution < -0.4 is 16.2 Å². The van der Waals surface area contributed by atoms with Gasteiger partial charge in [-0.15, -0.1) is 0 Å². The summed E-state index contributed by atoms with van der Waals surface area (Å²) in [5, 5.41) is 8.85. The van der Waals surface area contributed by atoms with Crippen LogP contribution in [0.25, 0.3) is 0 Å². The summed E-state index contributed by atoms with van der Waals surface area (Å²) in [5.74, 6) is 3.46. The molecule has 0 amide bonds. The zero-order valence-corrected chi connectivity index (χ0v) is 12.8. The second kappa shape index (κ2) is 6.25. The van der Waals surface area contributed by atoms with Crippen LogP contribution in [-0.2, 0) is 10.0 Å². The predicted octanol–water partition coefficient (Wildman–Crippen LogP) is 1.18. The molecule has 19 heavy (non-hydrogen) atoms. The molecule has 1 saturated heterocycles. The van der Waals surface area contributed by atoms with Gasteiger partial charge in [-0.2, -0.15) is 23.5 Å². The molecule has 1 atom stereocenters. The fourth-order valence-corrected chi connectivity index (χ4v) is 4.90. The van der Waals surface area contributed by atoms with Crippen LogP contribution in [0.2, 0.25) is 0 Å². The molecule has 1 unspecified atom stereocenters. The van der Waals surface area contributed by atoms with Crippen LogP contribution in [0.4, 0.5) is 11.4 Å². The maximum atomic E-state index is 11.3. The summed E-state index contributed by atoms with van der Waals surface area (Å²) >= 11 is 3.87. The van der Waals surface area contributed by atoms with Crippen molar-refractivity contribution in [3.8, 4) is 0 Å². The third-order valence-electron chi connectivity index (χ3n) is 2.76. The van der Waals surface area contributed by atoms with Gasteiger partial charge in [0, 0.05) is 29.1 Å². The molecular formula is C11H17N3O2S3. The minimum atomic E-state index is -3.69. The number of thioether (sulfide) groups is 2. The predicted molar refractivity (Wildman–Crippen MR) is 84.3 cm³/mol. The largest absolute Gasteiger partial charge is 0.397 e. The molecule has 5 nitrogen and oxygen atoms in total. The number of nitrogen functional groups attached to an aromatic ring is 1. The number of nitrogens with one attached hydrogen (secondary N) is 1. The Labute approximate surface area is 121 Å². The van der Waals surface area contributed by atoms with Gasteiger partial charge in [0.15, 0.2) is 0 Å². The lowest BCUT2D eigenvalue weighted by molar-refractivity contribution is 0.598. The lowest BCUT2D eigenvalue weighted by atomic mass is 10.2. The van der Waals surface area contributed by atoms with Crippen molar-refractivity contribution >= 4 is 44.9 Å². The maximum absolute atomic E-state index is 11.3. The van der Waals surface area contributed by atoms with Gasteiger partial charge < -0.3 is 11.1 Å². The van der Waals surface area contributed by atoms with Gasteiger partial charge in [0.1, 0.15) is 0 Å². The van der Waals surface area contributed by atoms with Crippen LogP contribution in [0.5, 0.6) is 0 Å². The van der Waals surface area contributed by atoms with Gasteiger partial charge in [0.2, 0.25) is 10.0 Å². The van der Waals surface area contributed by atoms with Crippen LogP contribution in [0.3, 0.4) is 0 Å². The molecule has 1 aliphatic heterocycles. The first kappa shape index (κ1) is 14.8. The lowest BCUT2D eigenvalue weighted by Crippen LogP contribution is -2.23. The highest BCUT2D eigenvalue weighted by molar-refractivity contribution is 8.06. The van der Waals surface area contributed by atoms with Gasteiger partial charge in [-0.05, 0) is 18.2 Å². The van der Waals surface area contributed by atoms with Gasteiger partial charge in [-0.3, -0.25) is 0 Å². The van der Waals surface area contributed by atoms with E-state index >= 15 is 0 Å². The van der Waals surface area contributed by atoms with Crippen molar-refractivity contribution in [2.45, 2.75) is 10.1 Å². The van der Waals surface area contributed by atoms with Crippen LogP contribution in [0.1, 0.15) is 0 Å². The summed E-state index contributed by atoms with van der Waals surface area (Å²) < 4.78 is 22.6. The molecule has 1 aromatic carbocycles. The van der Waals surface area contributed by atoms with Gasteiger partial charge in [0.25, 0.3) is 0 Å². The SMILES string of the molecule is Nc1ccc(S(N)(=O)=O)cc1NCC1CSCCS1. The Balaban J connectivity index is 2.06. The second-order valence-electron chi connectivity index (χ2n) is 4.24. The average Bonchev–Trinajstić information content (AvgIpc) is 2.37. The van der Waals surface area contributed by atoms with E-state index in [0.717, 1.165) is 18.1 Å². The van der Waals surface area contributed by atoms with Crippen molar-refractivity contribution in [2.24, 2.45) is 5.14 Å². The van der Waals surface area contributed by atoms with E-state index in [2.05, 4.69) is 5.32 Å². The third kappa shape index (κ3) is 4.20. The summed E-state index contributed by atoms with van der Waals surface area (Å²) in [6.07, 6.45) is 0. The standard InChI is InChI=1S/C11H17N3O2S3/c12-10-2-1-9(19(13,15)16)5-11(10)14-6-8-7-17-3-4-18-8/h1-2,5,8,14H,3-4,6-7,12H2,(H2,13,15,16). The van der Waals surface area contributed by atoms with Gasteiger partial charge in [-0.25, -0.2) is 13.6 Å². The van der Waals surface area contributed by atoms with Crippen LogP contribution in [0, 0.1) is 0 Å². The van der Waals surface area contributed by atoms with E-state index in [9.17, 15) is 8.42 Å². The Morgan fingerprint density at radius 1 is 1.37 bits per heavy atom. The van der Waals surface area contributed by atoms with Crippen molar-refractivity contribution in [3.63, 3.8) is 0 Å². The number of sulfonamides is 1. The molecule has 0 aromatic heterocycles. The molecule has 0 saturated carbocycles. The Morgan fingerprint density at radius 3 is 2.79 bits per heavy atom. The number of hydrogen-bond donors (Lipinski definition) is 3. The van der Waals surface area contributed by atoms with Crippen LogP contribution >= 0.6 is 23.5 Å². The van der Waals surface area contributed by atoms with Gasteiger partial charge in [0.05, 0.1) is 16.3 Å². The number of anilines is 2. The average molecular weight is 319 g/mol. The van der Waals surface area contributed by atoms with E-state index in [-0.39, 0.29) is 4.90 Å². The fourth-order valence-electron chi connectivity index (χ4n) is 1.74.